The van der Waals surface area contributed by atoms with E-state index < -0.39 is 0 Å². The molecule has 53 heavy (non-hydrogen) atoms. The van der Waals surface area contributed by atoms with Crippen molar-refractivity contribution in [2.75, 3.05) is 0 Å². The summed E-state index contributed by atoms with van der Waals surface area (Å²) < 4.78 is 7.05. The van der Waals surface area contributed by atoms with Gasteiger partial charge in [0.2, 0.25) is 0 Å². The molecule has 12 rings (SSSR count). The van der Waals surface area contributed by atoms with Crippen molar-refractivity contribution in [3.05, 3.63) is 182 Å². The van der Waals surface area contributed by atoms with Gasteiger partial charge in [-0.3, -0.25) is 0 Å². The zero-order chi connectivity index (χ0) is 34.6. The van der Waals surface area contributed by atoms with Gasteiger partial charge in [-0.15, -0.1) is 0 Å². The standard InChI is InChI=1S/C52H30O/c1-2-11-36-30-48-47(29-35(36)10-1)51-45(43-23-21-34-20-19-32-13-7-14-33-22-24-44(43)50(34)49(32)33)27-28-46(52(51)53-48)42-26-25-41(39-16-5-6-17-40(39)42)38-18-8-12-31-9-3-4-15-37(31)38/h1-30H. The summed E-state index contributed by atoms with van der Waals surface area (Å²) in [5.74, 6) is 0. The fourth-order valence-corrected chi connectivity index (χ4v) is 9.20. The zero-order valence-corrected chi connectivity index (χ0v) is 28.7. The Labute approximate surface area is 305 Å². The Morgan fingerprint density at radius 3 is 1.53 bits per heavy atom. The molecule has 0 atom stereocenters. The number of benzene rings is 11. The molecule has 1 heterocycles. The largest absolute Gasteiger partial charge is 0.455 e. The predicted octanol–water partition coefficient (Wildman–Crippen LogP) is 14.9. The van der Waals surface area contributed by atoms with Gasteiger partial charge in [0.05, 0.1) is 0 Å². The third-order valence-electron chi connectivity index (χ3n) is 11.6. The normalized spacial score (nSPS) is 12.2. The Hall–Kier alpha value is -6.96. The number of furan rings is 1. The zero-order valence-electron chi connectivity index (χ0n) is 28.7. The minimum atomic E-state index is 0.904. The summed E-state index contributed by atoms with van der Waals surface area (Å²) in [7, 11) is 0. The van der Waals surface area contributed by atoms with Gasteiger partial charge < -0.3 is 4.42 Å². The SMILES string of the molecule is c1ccc2cc3c(cc2c1)oc1c(-c2ccc(-c4cccc5ccccc45)c4ccccc24)ccc(-c2ccc4ccc5cccc6ccc2c4c56)c13. The molecule has 0 aliphatic rings. The van der Waals surface area contributed by atoms with E-state index in [0.717, 1.165) is 27.5 Å². The van der Waals surface area contributed by atoms with E-state index in [0.29, 0.717) is 0 Å². The van der Waals surface area contributed by atoms with Crippen LogP contribution in [-0.2, 0) is 0 Å². The number of fused-ring (bicyclic) bond motifs is 6. The maximum atomic E-state index is 7.05. The van der Waals surface area contributed by atoms with Gasteiger partial charge in [0.15, 0.2) is 0 Å². The van der Waals surface area contributed by atoms with Crippen molar-refractivity contribution in [2.24, 2.45) is 0 Å². The third kappa shape index (κ3) is 4.08. The van der Waals surface area contributed by atoms with Crippen molar-refractivity contribution < 1.29 is 4.42 Å². The summed E-state index contributed by atoms with van der Waals surface area (Å²) >= 11 is 0. The van der Waals surface area contributed by atoms with Gasteiger partial charge in [-0.05, 0) is 111 Å². The van der Waals surface area contributed by atoms with Gasteiger partial charge in [-0.2, -0.15) is 0 Å². The summed E-state index contributed by atoms with van der Waals surface area (Å²) in [6.45, 7) is 0. The highest BCUT2D eigenvalue weighted by Gasteiger charge is 2.22. The number of rotatable bonds is 3. The van der Waals surface area contributed by atoms with Gasteiger partial charge in [0.1, 0.15) is 11.2 Å². The second-order valence-electron chi connectivity index (χ2n) is 14.4. The van der Waals surface area contributed by atoms with E-state index in [1.807, 2.05) is 0 Å². The molecule has 0 spiro atoms. The van der Waals surface area contributed by atoms with Gasteiger partial charge in [0.25, 0.3) is 0 Å². The van der Waals surface area contributed by atoms with Crippen LogP contribution in [0.2, 0.25) is 0 Å². The van der Waals surface area contributed by atoms with E-state index in [4.69, 9.17) is 4.42 Å². The molecule has 1 heteroatoms. The highest BCUT2D eigenvalue weighted by atomic mass is 16.3. The molecular formula is C52H30O. The maximum absolute atomic E-state index is 7.05. The fourth-order valence-electron chi connectivity index (χ4n) is 9.20. The minimum Gasteiger partial charge on any atom is -0.455 e. The van der Waals surface area contributed by atoms with Crippen LogP contribution in [-0.4, -0.2) is 0 Å². The summed E-state index contributed by atoms with van der Waals surface area (Å²) in [6.07, 6.45) is 0. The van der Waals surface area contributed by atoms with Crippen molar-refractivity contribution >= 4 is 86.6 Å². The van der Waals surface area contributed by atoms with Crippen LogP contribution in [0.5, 0.6) is 0 Å². The second-order valence-corrected chi connectivity index (χ2v) is 14.4. The summed E-state index contributed by atoms with van der Waals surface area (Å²) in [5.41, 5.74) is 8.98. The van der Waals surface area contributed by atoms with Crippen LogP contribution in [0.3, 0.4) is 0 Å². The van der Waals surface area contributed by atoms with E-state index in [1.54, 1.807) is 0 Å². The molecule has 0 saturated heterocycles. The summed E-state index contributed by atoms with van der Waals surface area (Å²) in [5, 5.41) is 17.4. The second kappa shape index (κ2) is 10.8. The Kier molecular flexibility index (Phi) is 5.84. The first kappa shape index (κ1) is 28.7. The number of hydrogen-bond acceptors (Lipinski definition) is 1. The first-order chi connectivity index (χ1) is 26.3. The molecule has 1 aromatic heterocycles. The molecule has 0 aliphatic heterocycles. The first-order valence-corrected chi connectivity index (χ1v) is 18.3. The molecule has 0 fully saturated rings. The van der Waals surface area contributed by atoms with Gasteiger partial charge in [-0.1, -0.05) is 164 Å². The molecule has 12 aromatic rings. The van der Waals surface area contributed by atoms with Gasteiger partial charge >= 0.3 is 0 Å². The minimum absolute atomic E-state index is 0.904. The van der Waals surface area contributed by atoms with Crippen molar-refractivity contribution in [1.82, 2.24) is 0 Å². The third-order valence-corrected chi connectivity index (χ3v) is 11.6. The summed E-state index contributed by atoms with van der Waals surface area (Å²) in [4.78, 5) is 0. The Balaban J connectivity index is 1.17. The average molecular weight is 671 g/mol. The predicted molar refractivity (Wildman–Crippen MR) is 226 cm³/mol. The summed E-state index contributed by atoms with van der Waals surface area (Å²) in [6, 6.07) is 66.8. The van der Waals surface area contributed by atoms with E-state index in [2.05, 4.69) is 182 Å². The van der Waals surface area contributed by atoms with Crippen LogP contribution in [0.15, 0.2) is 186 Å². The number of hydrogen-bond donors (Lipinski definition) is 0. The molecule has 244 valence electrons. The van der Waals surface area contributed by atoms with E-state index in [9.17, 15) is 0 Å². The lowest BCUT2D eigenvalue weighted by molar-refractivity contribution is 0.670. The van der Waals surface area contributed by atoms with E-state index in [1.165, 1.54) is 92.5 Å². The van der Waals surface area contributed by atoms with Crippen LogP contribution < -0.4 is 0 Å². The molecular weight excluding hydrogens is 641 g/mol. The average Bonchev–Trinajstić information content (AvgIpc) is 3.59. The Morgan fingerprint density at radius 1 is 0.245 bits per heavy atom. The quantitative estimate of drug-likeness (QED) is 0.171. The smallest absolute Gasteiger partial charge is 0.143 e. The monoisotopic (exact) mass is 670 g/mol. The van der Waals surface area contributed by atoms with Crippen molar-refractivity contribution in [3.63, 3.8) is 0 Å². The van der Waals surface area contributed by atoms with Crippen LogP contribution >= 0.6 is 0 Å². The Bertz CT molecular complexity index is 3430. The highest BCUT2D eigenvalue weighted by molar-refractivity contribution is 6.28. The molecule has 0 amide bonds. The van der Waals surface area contributed by atoms with E-state index >= 15 is 0 Å². The van der Waals surface area contributed by atoms with Gasteiger partial charge in [-0.25, -0.2) is 0 Å². The Morgan fingerprint density at radius 2 is 0.736 bits per heavy atom. The van der Waals surface area contributed by atoms with Gasteiger partial charge in [0, 0.05) is 16.3 Å². The lowest BCUT2D eigenvalue weighted by atomic mass is 9.86. The van der Waals surface area contributed by atoms with Crippen LogP contribution in [0.25, 0.3) is 120 Å². The lowest BCUT2D eigenvalue weighted by Gasteiger charge is -2.16. The molecule has 1 nitrogen and oxygen atoms in total. The van der Waals surface area contributed by atoms with Crippen LogP contribution in [0.1, 0.15) is 0 Å². The maximum Gasteiger partial charge on any atom is 0.143 e. The van der Waals surface area contributed by atoms with Crippen molar-refractivity contribution in [1.29, 1.82) is 0 Å². The van der Waals surface area contributed by atoms with Crippen molar-refractivity contribution in [2.45, 2.75) is 0 Å². The lowest BCUT2D eigenvalue weighted by Crippen LogP contribution is -1.90. The topological polar surface area (TPSA) is 13.1 Å². The molecule has 0 unspecified atom stereocenters. The fraction of sp³-hybridized carbons (Fsp3) is 0. The van der Waals surface area contributed by atoms with Crippen molar-refractivity contribution in [3.8, 4) is 33.4 Å². The molecule has 0 N–H and O–H groups in total. The molecule has 0 saturated carbocycles. The molecule has 0 radical (unpaired) electrons. The van der Waals surface area contributed by atoms with E-state index in [-0.39, 0.29) is 0 Å². The van der Waals surface area contributed by atoms with Crippen LogP contribution in [0, 0.1) is 0 Å². The molecule has 0 aliphatic carbocycles. The molecule has 11 aromatic carbocycles. The highest BCUT2D eigenvalue weighted by Crippen LogP contribution is 2.48. The van der Waals surface area contributed by atoms with Crippen LogP contribution in [0.4, 0.5) is 0 Å². The molecule has 0 bridgehead atoms. The first-order valence-electron chi connectivity index (χ1n) is 18.3.